The summed E-state index contributed by atoms with van der Waals surface area (Å²) < 4.78 is 5.63. The van der Waals surface area contributed by atoms with Crippen molar-refractivity contribution in [3.8, 4) is 16.9 Å². The average Bonchev–Trinajstić information content (AvgIpc) is 2.86. The van der Waals surface area contributed by atoms with Crippen molar-refractivity contribution in [3.05, 3.63) is 103 Å². The van der Waals surface area contributed by atoms with Gasteiger partial charge < -0.3 is 4.74 Å². The number of rotatable bonds is 5. The summed E-state index contributed by atoms with van der Waals surface area (Å²) >= 11 is 5.09. The molecule has 6 nitrogen and oxygen atoms in total. The molecule has 0 aliphatic heterocycles. The van der Waals surface area contributed by atoms with Gasteiger partial charge in [-0.3, -0.25) is 25.8 Å². The maximum atomic E-state index is 12.4. The van der Waals surface area contributed by atoms with E-state index >= 15 is 0 Å². The third-order valence-electron chi connectivity index (χ3n) is 4.91. The van der Waals surface area contributed by atoms with Gasteiger partial charge in [-0.25, -0.2) is 0 Å². The first-order valence-corrected chi connectivity index (χ1v) is 10.7. The second kappa shape index (κ2) is 10.4. The zero-order chi connectivity index (χ0) is 23.0. The molecule has 4 aromatic rings. The Kier molecular flexibility index (Phi) is 6.92. The van der Waals surface area contributed by atoms with E-state index in [2.05, 4.69) is 16.2 Å². The summed E-state index contributed by atoms with van der Waals surface area (Å²) in [5.74, 6) is -0.210. The molecular formula is C26H21N3O3S. The van der Waals surface area contributed by atoms with Crippen LogP contribution in [0.5, 0.6) is 5.75 Å². The van der Waals surface area contributed by atoms with E-state index in [1.54, 1.807) is 18.2 Å². The normalized spacial score (nSPS) is 10.3. The molecule has 164 valence electrons. The van der Waals surface area contributed by atoms with Gasteiger partial charge in [0.1, 0.15) is 5.75 Å². The summed E-state index contributed by atoms with van der Waals surface area (Å²) in [6, 6.07) is 30.4. The molecule has 7 heteroatoms. The second-order valence-electron chi connectivity index (χ2n) is 7.17. The molecule has 0 bridgehead atoms. The summed E-state index contributed by atoms with van der Waals surface area (Å²) in [6.45, 7) is -0.210. The number of ether oxygens (including phenoxy) is 1. The van der Waals surface area contributed by atoms with Crippen LogP contribution in [-0.2, 0) is 4.79 Å². The fourth-order valence-corrected chi connectivity index (χ4v) is 3.42. The van der Waals surface area contributed by atoms with Gasteiger partial charge in [-0.1, -0.05) is 78.9 Å². The van der Waals surface area contributed by atoms with Crippen LogP contribution in [0.25, 0.3) is 21.9 Å². The zero-order valence-corrected chi connectivity index (χ0v) is 18.4. The van der Waals surface area contributed by atoms with Crippen molar-refractivity contribution < 1.29 is 14.3 Å². The van der Waals surface area contributed by atoms with Crippen LogP contribution in [0, 0.1) is 0 Å². The monoisotopic (exact) mass is 455 g/mol. The summed E-state index contributed by atoms with van der Waals surface area (Å²) in [6.07, 6.45) is 0. The summed E-state index contributed by atoms with van der Waals surface area (Å²) in [5.41, 5.74) is 7.45. The Morgan fingerprint density at radius 2 is 1.39 bits per heavy atom. The van der Waals surface area contributed by atoms with Crippen LogP contribution in [0.1, 0.15) is 10.4 Å². The Morgan fingerprint density at radius 1 is 0.727 bits per heavy atom. The topological polar surface area (TPSA) is 79.5 Å². The maximum Gasteiger partial charge on any atom is 0.276 e. The van der Waals surface area contributed by atoms with Crippen molar-refractivity contribution in [2.24, 2.45) is 0 Å². The highest BCUT2D eigenvalue weighted by Gasteiger charge is 2.10. The van der Waals surface area contributed by atoms with Crippen LogP contribution >= 0.6 is 12.2 Å². The van der Waals surface area contributed by atoms with Crippen molar-refractivity contribution in [2.75, 3.05) is 6.61 Å². The molecule has 33 heavy (non-hydrogen) atoms. The van der Waals surface area contributed by atoms with Crippen molar-refractivity contribution in [2.45, 2.75) is 0 Å². The Hall–Kier alpha value is -4.23. The van der Waals surface area contributed by atoms with Gasteiger partial charge in [0.25, 0.3) is 11.8 Å². The fraction of sp³-hybridized carbons (Fsp3) is 0.0385. The summed E-state index contributed by atoms with van der Waals surface area (Å²) in [4.78, 5) is 24.5. The molecule has 0 heterocycles. The minimum atomic E-state index is -0.438. The first kappa shape index (κ1) is 22.0. The predicted octanol–water partition coefficient (Wildman–Crippen LogP) is 4.22. The molecule has 0 aliphatic rings. The van der Waals surface area contributed by atoms with E-state index in [1.165, 1.54) is 0 Å². The first-order chi connectivity index (χ1) is 16.1. The lowest BCUT2D eigenvalue weighted by Crippen LogP contribution is -2.49. The Labute approximate surface area is 196 Å². The molecule has 0 saturated heterocycles. The molecule has 4 rings (SSSR count). The van der Waals surface area contributed by atoms with Gasteiger partial charge in [-0.15, -0.1) is 0 Å². The molecule has 0 radical (unpaired) electrons. The Morgan fingerprint density at radius 3 is 2.18 bits per heavy atom. The average molecular weight is 456 g/mol. The van der Waals surface area contributed by atoms with E-state index < -0.39 is 5.91 Å². The van der Waals surface area contributed by atoms with E-state index in [0.717, 1.165) is 21.9 Å². The highest BCUT2D eigenvalue weighted by atomic mass is 32.1. The lowest BCUT2D eigenvalue weighted by molar-refractivity contribution is -0.123. The van der Waals surface area contributed by atoms with Gasteiger partial charge in [0.05, 0.1) is 0 Å². The van der Waals surface area contributed by atoms with Crippen LogP contribution < -0.4 is 20.9 Å². The van der Waals surface area contributed by atoms with Crippen LogP contribution in [0.3, 0.4) is 0 Å². The molecule has 0 aliphatic carbocycles. The number of hydrogen-bond donors (Lipinski definition) is 3. The van der Waals surface area contributed by atoms with E-state index in [4.69, 9.17) is 17.0 Å². The number of benzene rings is 4. The van der Waals surface area contributed by atoms with Crippen molar-refractivity contribution >= 4 is 39.9 Å². The van der Waals surface area contributed by atoms with Crippen LogP contribution in [0.4, 0.5) is 0 Å². The molecule has 0 spiro atoms. The van der Waals surface area contributed by atoms with E-state index in [9.17, 15) is 9.59 Å². The van der Waals surface area contributed by atoms with Crippen molar-refractivity contribution in [3.63, 3.8) is 0 Å². The summed E-state index contributed by atoms with van der Waals surface area (Å²) in [7, 11) is 0. The van der Waals surface area contributed by atoms with Crippen molar-refractivity contribution in [1.29, 1.82) is 0 Å². The molecule has 0 fully saturated rings. The predicted molar refractivity (Wildman–Crippen MR) is 133 cm³/mol. The highest BCUT2D eigenvalue weighted by molar-refractivity contribution is 7.80. The number of fused-ring (bicyclic) bond motifs is 1. The standard InChI is InChI=1S/C26H21N3O3S/c30-24(17-32-23-12-6-10-20-9-4-5-11-22(20)23)28-29-26(33)27-25(31)21-15-13-19(14-16-21)18-7-2-1-3-8-18/h1-16H,17H2,(H,28,30)(H2,27,29,31,33). The minimum absolute atomic E-state index is 0.0225. The van der Waals surface area contributed by atoms with Gasteiger partial charge in [0.2, 0.25) is 0 Å². The molecule has 0 saturated carbocycles. The number of hydrazine groups is 1. The van der Waals surface area contributed by atoms with Gasteiger partial charge in [-0.05, 0) is 46.9 Å². The highest BCUT2D eigenvalue weighted by Crippen LogP contribution is 2.25. The van der Waals surface area contributed by atoms with Gasteiger partial charge in [0, 0.05) is 10.9 Å². The van der Waals surface area contributed by atoms with Crippen LogP contribution in [0.15, 0.2) is 97.1 Å². The van der Waals surface area contributed by atoms with E-state index in [0.29, 0.717) is 11.3 Å². The molecule has 0 aromatic heterocycles. The molecule has 0 unspecified atom stereocenters. The fourth-order valence-electron chi connectivity index (χ4n) is 3.28. The van der Waals surface area contributed by atoms with Crippen LogP contribution in [0.2, 0.25) is 0 Å². The van der Waals surface area contributed by atoms with E-state index in [-0.39, 0.29) is 17.6 Å². The molecular weight excluding hydrogens is 434 g/mol. The smallest absolute Gasteiger partial charge is 0.276 e. The molecule has 3 N–H and O–H groups in total. The lowest BCUT2D eigenvalue weighted by atomic mass is 10.0. The van der Waals surface area contributed by atoms with Crippen LogP contribution in [-0.4, -0.2) is 23.5 Å². The quantitative estimate of drug-likeness (QED) is 0.310. The molecule has 0 atom stereocenters. The molecule has 4 aromatic carbocycles. The SMILES string of the molecule is O=C(COc1cccc2ccccc12)NNC(=S)NC(=O)c1ccc(-c2ccccc2)cc1. The number of amides is 2. The van der Waals surface area contributed by atoms with Gasteiger partial charge in [0.15, 0.2) is 11.7 Å². The third kappa shape index (κ3) is 5.72. The molecule has 2 amide bonds. The number of nitrogens with one attached hydrogen (secondary N) is 3. The number of carbonyl (C=O) groups is 2. The second-order valence-corrected chi connectivity index (χ2v) is 7.57. The van der Waals surface area contributed by atoms with Gasteiger partial charge >= 0.3 is 0 Å². The first-order valence-electron chi connectivity index (χ1n) is 10.3. The minimum Gasteiger partial charge on any atom is -0.483 e. The largest absolute Gasteiger partial charge is 0.483 e. The summed E-state index contributed by atoms with van der Waals surface area (Å²) in [5, 5.41) is 4.45. The van der Waals surface area contributed by atoms with E-state index in [1.807, 2.05) is 78.9 Å². The number of carbonyl (C=O) groups excluding carboxylic acids is 2. The Bertz CT molecular complexity index is 1290. The van der Waals surface area contributed by atoms with Gasteiger partial charge in [-0.2, -0.15) is 0 Å². The zero-order valence-electron chi connectivity index (χ0n) is 17.6. The number of hydrogen-bond acceptors (Lipinski definition) is 4. The number of thiocarbonyl (C=S) groups is 1. The maximum absolute atomic E-state index is 12.4. The third-order valence-corrected chi connectivity index (χ3v) is 5.11. The Balaban J connectivity index is 1.25. The lowest BCUT2D eigenvalue weighted by Gasteiger charge is -2.12. The van der Waals surface area contributed by atoms with Crippen molar-refractivity contribution in [1.82, 2.24) is 16.2 Å².